The quantitative estimate of drug-likeness (QED) is 0.920. The first-order valence-corrected chi connectivity index (χ1v) is 7.59. The normalized spacial score (nSPS) is 16.3. The van der Waals surface area contributed by atoms with Crippen molar-refractivity contribution < 1.29 is 14.6 Å². The van der Waals surface area contributed by atoms with E-state index in [-0.39, 0.29) is 6.10 Å². The molecule has 0 bridgehead atoms. The second-order valence-corrected chi connectivity index (χ2v) is 6.20. The zero-order chi connectivity index (χ0) is 14.0. The van der Waals surface area contributed by atoms with Gasteiger partial charge in [0.2, 0.25) is 0 Å². The highest BCUT2D eigenvalue weighted by Crippen LogP contribution is 2.45. The number of halogens is 1. The van der Waals surface area contributed by atoms with E-state index in [1.807, 2.05) is 0 Å². The monoisotopic (exact) mass is 328 g/mol. The Kier molecular flexibility index (Phi) is 4.74. The molecule has 19 heavy (non-hydrogen) atoms. The molecule has 1 aromatic rings. The lowest BCUT2D eigenvalue weighted by Gasteiger charge is -2.21. The Labute approximate surface area is 123 Å². The van der Waals surface area contributed by atoms with Crippen molar-refractivity contribution in [3.63, 3.8) is 0 Å². The molecule has 4 heteroatoms. The smallest absolute Gasteiger partial charge is 0.175 e. The molecule has 1 N–H and O–H groups in total. The first kappa shape index (κ1) is 14.7. The molecule has 1 aliphatic rings. The molecule has 0 spiro atoms. The number of hydrogen-bond acceptors (Lipinski definition) is 3. The van der Waals surface area contributed by atoms with Crippen molar-refractivity contribution in [3.8, 4) is 11.5 Å². The van der Waals surface area contributed by atoms with Gasteiger partial charge in [-0.15, -0.1) is 0 Å². The molecule has 0 radical (unpaired) electrons. The summed E-state index contributed by atoms with van der Waals surface area (Å²) in [6, 6.07) is 2.05. The zero-order valence-corrected chi connectivity index (χ0v) is 13.3. The van der Waals surface area contributed by atoms with Crippen LogP contribution < -0.4 is 9.47 Å². The van der Waals surface area contributed by atoms with Gasteiger partial charge in [0.1, 0.15) is 0 Å². The molecule has 0 saturated carbocycles. The summed E-state index contributed by atoms with van der Waals surface area (Å²) in [6.07, 6.45) is 1.15. The SMILES string of the molecule is CC(O)Cc1cc(Br)c2c(c1C(C)C)OCCCO2. The van der Waals surface area contributed by atoms with Gasteiger partial charge in [-0.25, -0.2) is 0 Å². The van der Waals surface area contributed by atoms with Crippen LogP contribution in [-0.4, -0.2) is 24.4 Å². The van der Waals surface area contributed by atoms with Crippen LogP contribution in [0.3, 0.4) is 0 Å². The molecule has 0 aliphatic carbocycles. The standard InChI is InChI=1S/C15H21BrO3/c1-9(2)13-11(7-10(3)17)8-12(16)14-15(13)19-6-4-5-18-14/h8-10,17H,4-7H2,1-3H3. The van der Waals surface area contributed by atoms with E-state index >= 15 is 0 Å². The van der Waals surface area contributed by atoms with Gasteiger partial charge in [0.05, 0.1) is 23.8 Å². The highest BCUT2D eigenvalue weighted by molar-refractivity contribution is 9.10. The van der Waals surface area contributed by atoms with Crippen LogP contribution in [0.2, 0.25) is 0 Å². The summed E-state index contributed by atoms with van der Waals surface area (Å²) in [7, 11) is 0. The molecule has 1 heterocycles. The number of ether oxygens (including phenoxy) is 2. The third-order valence-electron chi connectivity index (χ3n) is 3.19. The Balaban J connectivity index is 2.56. The average molecular weight is 329 g/mol. The van der Waals surface area contributed by atoms with Gasteiger partial charge in [-0.05, 0) is 46.8 Å². The lowest BCUT2D eigenvalue weighted by molar-refractivity contribution is 0.195. The minimum Gasteiger partial charge on any atom is -0.489 e. The van der Waals surface area contributed by atoms with Crippen molar-refractivity contribution in [3.05, 3.63) is 21.7 Å². The topological polar surface area (TPSA) is 38.7 Å². The molecule has 1 aromatic carbocycles. The summed E-state index contributed by atoms with van der Waals surface area (Å²) in [5, 5.41) is 9.68. The second-order valence-electron chi connectivity index (χ2n) is 5.35. The maximum atomic E-state index is 9.68. The highest BCUT2D eigenvalue weighted by Gasteiger charge is 2.23. The minimum atomic E-state index is -0.367. The van der Waals surface area contributed by atoms with Crippen LogP contribution in [-0.2, 0) is 6.42 Å². The number of hydrogen-bond donors (Lipinski definition) is 1. The van der Waals surface area contributed by atoms with Crippen LogP contribution in [0, 0.1) is 0 Å². The maximum Gasteiger partial charge on any atom is 0.175 e. The lowest BCUT2D eigenvalue weighted by atomic mass is 9.92. The van der Waals surface area contributed by atoms with Crippen molar-refractivity contribution in [2.24, 2.45) is 0 Å². The van der Waals surface area contributed by atoms with Crippen molar-refractivity contribution >= 4 is 15.9 Å². The number of aliphatic hydroxyl groups excluding tert-OH is 1. The number of benzene rings is 1. The van der Waals surface area contributed by atoms with Crippen LogP contribution in [0.15, 0.2) is 10.5 Å². The fraction of sp³-hybridized carbons (Fsp3) is 0.600. The van der Waals surface area contributed by atoms with Crippen molar-refractivity contribution in [1.82, 2.24) is 0 Å². The summed E-state index contributed by atoms with van der Waals surface area (Å²) >= 11 is 3.55. The van der Waals surface area contributed by atoms with Gasteiger partial charge in [-0.3, -0.25) is 0 Å². The summed E-state index contributed by atoms with van der Waals surface area (Å²) in [6.45, 7) is 7.45. The first-order valence-electron chi connectivity index (χ1n) is 6.79. The molecule has 2 rings (SSSR count). The van der Waals surface area contributed by atoms with Gasteiger partial charge in [0.25, 0.3) is 0 Å². The van der Waals surface area contributed by atoms with Crippen LogP contribution in [0.4, 0.5) is 0 Å². The van der Waals surface area contributed by atoms with E-state index < -0.39 is 0 Å². The van der Waals surface area contributed by atoms with Crippen molar-refractivity contribution in [2.75, 3.05) is 13.2 Å². The van der Waals surface area contributed by atoms with Crippen LogP contribution in [0.1, 0.15) is 44.2 Å². The maximum absolute atomic E-state index is 9.68. The molecule has 0 fully saturated rings. The van der Waals surface area contributed by atoms with Gasteiger partial charge < -0.3 is 14.6 Å². The number of aliphatic hydroxyl groups is 1. The first-order chi connectivity index (χ1) is 9.00. The van der Waals surface area contributed by atoms with E-state index in [1.165, 1.54) is 0 Å². The summed E-state index contributed by atoms with van der Waals surface area (Å²) < 4.78 is 12.6. The summed E-state index contributed by atoms with van der Waals surface area (Å²) in [5.41, 5.74) is 2.28. The Bertz CT molecular complexity index is 455. The molecule has 1 aliphatic heterocycles. The molecule has 0 amide bonds. The summed E-state index contributed by atoms with van der Waals surface area (Å²) in [4.78, 5) is 0. The van der Waals surface area contributed by atoms with E-state index in [4.69, 9.17) is 9.47 Å². The molecule has 3 nitrogen and oxygen atoms in total. The Morgan fingerprint density at radius 3 is 2.42 bits per heavy atom. The fourth-order valence-corrected chi connectivity index (χ4v) is 3.05. The molecule has 1 atom stereocenters. The third kappa shape index (κ3) is 3.23. The lowest BCUT2D eigenvalue weighted by Crippen LogP contribution is -2.10. The molecule has 0 saturated heterocycles. The Morgan fingerprint density at radius 1 is 1.21 bits per heavy atom. The molecule has 0 aromatic heterocycles. The minimum absolute atomic E-state index is 0.331. The molecular weight excluding hydrogens is 308 g/mol. The Hall–Kier alpha value is -0.740. The van der Waals surface area contributed by atoms with Gasteiger partial charge in [0, 0.05) is 12.0 Å². The fourth-order valence-electron chi connectivity index (χ4n) is 2.48. The average Bonchev–Trinajstić information content (AvgIpc) is 2.53. The molecule has 106 valence electrons. The Morgan fingerprint density at radius 2 is 1.84 bits per heavy atom. The second kappa shape index (κ2) is 6.14. The summed E-state index contributed by atoms with van der Waals surface area (Å²) in [5.74, 6) is 1.98. The molecular formula is C15H21BrO3. The van der Waals surface area contributed by atoms with E-state index in [0.717, 1.165) is 33.5 Å². The van der Waals surface area contributed by atoms with E-state index in [2.05, 4.69) is 35.8 Å². The van der Waals surface area contributed by atoms with E-state index in [1.54, 1.807) is 6.92 Å². The van der Waals surface area contributed by atoms with Gasteiger partial charge in [-0.1, -0.05) is 13.8 Å². The zero-order valence-electron chi connectivity index (χ0n) is 11.7. The van der Waals surface area contributed by atoms with Crippen LogP contribution in [0.5, 0.6) is 11.5 Å². The number of fused-ring (bicyclic) bond motifs is 1. The van der Waals surface area contributed by atoms with E-state index in [9.17, 15) is 5.11 Å². The van der Waals surface area contributed by atoms with E-state index in [0.29, 0.717) is 25.6 Å². The highest BCUT2D eigenvalue weighted by atomic mass is 79.9. The third-order valence-corrected chi connectivity index (χ3v) is 3.78. The predicted octanol–water partition coefficient (Wildman–Crippen LogP) is 3.66. The van der Waals surface area contributed by atoms with Crippen molar-refractivity contribution in [2.45, 2.75) is 45.6 Å². The van der Waals surface area contributed by atoms with Gasteiger partial charge in [0.15, 0.2) is 11.5 Å². The van der Waals surface area contributed by atoms with Crippen LogP contribution in [0.25, 0.3) is 0 Å². The predicted molar refractivity (Wildman–Crippen MR) is 79.2 cm³/mol. The van der Waals surface area contributed by atoms with Gasteiger partial charge >= 0.3 is 0 Å². The number of rotatable bonds is 3. The largest absolute Gasteiger partial charge is 0.489 e. The van der Waals surface area contributed by atoms with Crippen molar-refractivity contribution in [1.29, 1.82) is 0 Å². The van der Waals surface area contributed by atoms with Gasteiger partial charge in [-0.2, -0.15) is 0 Å². The molecule has 1 unspecified atom stereocenters. The van der Waals surface area contributed by atoms with Crippen LogP contribution >= 0.6 is 15.9 Å².